The first-order chi connectivity index (χ1) is 9.19. The van der Waals surface area contributed by atoms with Gasteiger partial charge in [0.05, 0.1) is 12.3 Å². The van der Waals surface area contributed by atoms with E-state index in [-0.39, 0.29) is 12.0 Å². The van der Waals surface area contributed by atoms with Crippen molar-refractivity contribution in [3.63, 3.8) is 0 Å². The molecule has 0 fully saturated rings. The molecule has 0 aromatic heterocycles. The standard InChI is InChI=1S/C16H19NO2/c1-4-12(3)13-10-11-17(16(18)19-5-2)15-9-7-6-8-14(13)15/h4,6-13H,1,5H2,2-3H3. The highest BCUT2D eigenvalue weighted by atomic mass is 16.6. The lowest BCUT2D eigenvalue weighted by atomic mass is 9.84. The number of carbonyl (C=O) groups excluding carboxylic acids is 1. The molecule has 0 saturated carbocycles. The number of benzene rings is 1. The van der Waals surface area contributed by atoms with Crippen LogP contribution in [0.25, 0.3) is 0 Å². The zero-order valence-electron chi connectivity index (χ0n) is 11.4. The van der Waals surface area contributed by atoms with Crippen LogP contribution < -0.4 is 4.90 Å². The average Bonchev–Trinajstić information content (AvgIpc) is 2.45. The molecule has 1 aromatic rings. The summed E-state index contributed by atoms with van der Waals surface area (Å²) in [5.74, 6) is 0.570. The predicted molar refractivity (Wildman–Crippen MR) is 77.2 cm³/mol. The molecule has 1 aliphatic rings. The van der Waals surface area contributed by atoms with Crippen molar-refractivity contribution >= 4 is 11.8 Å². The van der Waals surface area contributed by atoms with Crippen LogP contribution in [-0.2, 0) is 4.74 Å². The quantitative estimate of drug-likeness (QED) is 0.763. The van der Waals surface area contributed by atoms with E-state index in [1.54, 1.807) is 18.0 Å². The summed E-state index contributed by atoms with van der Waals surface area (Å²) >= 11 is 0. The van der Waals surface area contributed by atoms with E-state index in [9.17, 15) is 4.79 Å². The molecular formula is C16H19NO2. The number of allylic oxidation sites excluding steroid dienone is 2. The van der Waals surface area contributed by atoms with Crippen molar-refractivity contribution in [2.24, 2.45) is 5.92 Å². The number of ether oxygens (including phenoxy) is 1. The van der Waals surface area contributed by atoms with Crippen molar-refractivity contribution in [2.45, 2.75) is 19.8 Å². The average molecular weight is 257 g/mol. The number of anilines is 1. The molecule has 0 N–H and O–H groups in total. The lowest BCUT2D eigenvalue weighted by Gasteiger charge is -2.30. The van der Waals surface area contributed by atoms with Gasteiger partial charge in [0.15, 0.2) is 0 Å². The molecular weight excluding hydrogens is 238 g/mol. The van der Waals surface area contributed by atoms with Crippen LogP contribution in [0, 0.1) is 5.92 Å². The summed E-state index contributed by atoms with van der Waals surface area (Å²) in [4.78, 5) is 13.5. The number of amides is 1. The highest BCUT2D eigenvalue weighted by molar-refractivity contribution is 5.91. The summed E-state index contributed by atoms with van der Waals surface area (Å²) in [5.41, 5.74) is 2.02. The molecule has 1 aromatic carbocycles. The Bertz CT molecular complexity index is 507. The van der Waals surface area contributed by atoms with Crippen molar-refractivity contribution in [3.8, 4) is 0 Å². The molecule has 1 aliphatic heterocycles. The zero-order chi connectivity index (χ0) is 13.8. The maximum absolute atomic E-state index is 11.9. The lowest BCUT2D eigenvalue weighted by Crippen LogP contribution is -2.30. The number of nitrogens with zero attached hydrogens (tertiary/aromatic N) is 1. The van der Waals surface area contributed by atoms with Crippen LogP contribution in [0.2, 0.25) is 0 Å². The highest BCUT2D eigenvalue weighted by Crippen LogP contribution is 2.38. The molecule has 1 amide bonds. The van der Waals surface area contributed by atoms with E-state index in [1.807, 2.05) is 30.4 Å². The zero-order valence-corrected chi connectivity index (χ0v) is 11.4. The summed E-state index contributed by atoms with van der Waals surface area (Å²) in [6.45, 7) is 8.16. The number of carbonyl (C=O) groups is 1. The number of hydrogen-bond donors (Lipinski definition) is 0. The summed E-state index contributed by atoms with van der Waals surface area (Å²) in [7, 11) is 0. The second-order valence-electron chi connectivity index (χ2n) is 4.59. The molecule has 1 heterocycles. The van der Waals surface area contributed by atoms with Gasteiger partial charge in [0.2, 0.25) is 0 Å². The first-order valence-electron chi connectivity index (χ1n) is 6.54. The molecule has 0 spiro atoms. The maximum Gasteiger partial charge on any atom is 0.418 e. The van der Waals surface area contributed by atoms with Crippen LogP contribution >= 0.6 is 0 Å². The van der Waals surface area contributed by atoms with Crippen LogP contribution in [-0.4, -0.2) is 12.7 Å². The summed E-state index contributed by atoms with van der Waals surface area (Å²) < 4.78 is 5.08. The summed E-state index contributed by atoms with van der Waals surface area (Å²) in [6, 6.07) is 7.91. The van der Waals surface area contributed by atoms with E-state index in [0.717, 1.165) is 11.3 Å². The van der Waals surface area contributed by atoms with Crippen molar-refractivity contribution in [2.75, 3.05) is 11.5 Å². The Morgan fingerprint density at radius 1 is 1.53 bits per heavy atom. The minimum atomic E-state index is -0.337. The Kier molecular flexibility index (Phi) is 4.05. The topological polar surface area (TPSA) is 29.5 Å². The van der Waals surface area contributed by atoms with Crippen LogP contribution in [0.15, 0.2) is 49.2 Å². The van der Waals surface area contributed by atoms with Gasteiger partial charge >= 0.3 is 6.09 Å². The Labute approximate surface area is 114 Å². The monoisotopic (exact) mass is 257 g/mol. The third-order valence-electron chi connectivity index (χ3n) is 3.40. The molecule has 0 saturated heterocycles. The third kappa shape index (κ3) is 2.55. The second kappa shape index (κ2) is 5.74. The van der Waals surface area contributed by atoms with E-state index in [0.29, 0.717) is 12.5 Å². The fraction of sp³-hybridized carbons (Fsp3) is 0.312. The normalized spacial score (nSPS) is 18.6. The Morgan fingerprint density at radius 3 is 2.95 bits per heavy atom. The lowest BCUT2D eigenvalue weighted by molar-refractivity contribution is 0.162. The predicted octanol–water partition coefficient (Wildman–Crippen LogP) is 4.08. The van der Waals surface area contributed by atoms with E-state index in [2.05, 4.69) is 19.6 Å². The van der Waals surface area contributed by atoms with Crippen LogP contribution in [0.4, 0.5) is 10.5 Å². The smallest absolute Gasteiger partial charge is 0.418 e. The number of fused-ring (bicyclic) bond motifs is 1. The van der Waals surface area contributed by atoms with Gasteiger partial charge < -0.3 is 4.74 Å². The number of hydrogen-bond acceptors (Lipinski definition) is 2. The molecule has 2 unspecified atom stereocenters. The Morgan fingerprint density at radius 2 is 2.26 bits per heavy atom. The van der Waals surface area contributed by atoms with Gasteiger partial charge in [-0.15, -0.1) is 6.58 Å². The van der Waals surface area contributed by atoms with Gasteiger partial charge in [0, 0.05) is 12.1 Å². The van der Waals surface area contributed by atoms with Gasteiger partial charge in [0.1, 0.15) is 0 Å². The number of rotatable bonds is 3. The maximum atomic E-state index is 11.9. The molecule has 19 heavy (non-hydrogen) atoms. The molecule has 0 aliphatic carbocycles. The van der Waals surface area contributed by atoms with Crippen LogP contribution in [0.1, 0.15) is 25.3 Å². The van der Waals surface area contributed by atoms with Crippen LogP contribution in [0.5, 0.6) is 0 Å². The molecule has 0 radical (unpaired) electrons. The van der Waals surface area contributed by atoms with Gasteiger partial charge in [-0.1, -0.05) is 37.3 Å². The van der Waals surface area contributed by atoms with E-state index >= 15 is 0 Å². The van der Waals surface area contributed by atoms with Gasteiger partial charge in [-0.3, -0.25) is 4.90 Å². The minimum absolute atomic E-state index is 0.249. The molecule has 2 atom stereocenters. The minimum Gasteiger partial charge on any atom is -0.449 e. The fourth-order valence-electron chi connectivity index (χ4n) is 2.31. The van der Waals surface area contributed by atoms with E-state index in [1.165, 1.54) is 0 Å². The van der Waals surface area contributed by atoms with Gasteiger partial charge in [-0.05, 0) is 24.5 Å². The summed E-state index contributed by atoms with van der Waals surface area (Å²) in [5, 5.41) is 0. The van der Waals surface area contributed by atoms with E-state index < -0.39 is 0 Å². The molecule has 3 nitrogen and oxygen atoms in total. The first-order valence-corrected chi connectivity index (χ1v) is 6.54. The Balaban J connectivity index is 2.39. The van der Waals surface area contributed by atoms with Gasteiger partial charge in [0.25, 0.3) is 0 Å². The van der Waals surface area contributed by atoms with E-state index in [4.69, 9.17) is 4.74 Å². The highest BCUT2D eigenvalue weighted by Gasteiger charge is 2.27. The van der Waals surface area contributed by atoms with Crippen molar-refractivity contribution in [3.05, 3.63) is 54.8 Å². The molecule has 2 rings (SSSR count). The van der Waals surface area contributed by atoms with Crippen molar-refractivity contribution in [1.29, 1.82) is 0 Å². The van der Waals surface area contributed by atoms with Gasteiger partial charge in [-0.2, -0.15) is 0 Å². The van der Waals surface area contributed by atoms with Crippen molar-refractivity contribution in [1.82, 2.24) is 0 Å². The third-order valence-corrected chi connectivity index (χ3v) is 3.40. The second-order valence-corrected chi connectivity index (χ2v) is 4.59. The SMILES string of the molecule is C=CC(C)C1C=CN(C(=O)OCC)c2ccccc21. The van der Waals surface area contributed by atoms with Gasteiger partial charge in [-0.25, -0.2) is 4.79 Å². The van der Waals surface area contributed by atoms with Crippen LogP contribution in [0.3, 0.4) is 0 Å². The number of para-hydroxylation sites is 1. The first kappa shape index (κ1) is 13.4. The largest absolute Gasteiger partial charge is 0.449 e. The molecule has 100 valence electrons. The fourth-order valence-corrected chi connectivity index (χ4v) is 2.31. The van der Waals surface area contributed by atoms with Crippen molar-refractivity contribution < 1.29 is 9.53 Å². The molecule has 0 bridgehead atoms. The molecule has 3 heteroatoms. The Hall–Kier alpha value is -2.03. The summed E-state index contributed by atoms with van der Waals surface area (Å²) in [6.07, 6.45) is 5.43.